The van der Waals surface area contributed by atoms with Gasteiger partial charge in [-0.25, -0.2) is 4.79 Å². The number of carbonyl (C=O) groups excluding carboxylic acids is 2. The molecule has 1 heterocycles. The molecule has 0 amide bonds. The van der Waals surface area contributed by atoms with Gasteiger partial charge in [0, 0.05) is 0 Å². The van der Waals surface area contributed by atoms with E-state index in [9.17, 15) is 9.59 Å². The van der Waals surface area contributed by atoms with Crippen LogP contribution >= 0.6 is 0 Å². The van der Waals surface area contributed by atoms with Crippen LogP contribution in [0.4, 0.5) is 0 Å². The predicted octanol–water partition coefficient (Wildman–Crippen LogP) is 2.09. The van der Waals surface area contributed by atoms with Crippen molar-refractivity contribution in [1.29, 1.82) is 0 Å². The maximum atomic E-state index is 11.7. The van der Waals surface area contributed by atoms with Crippen molar-refractivity contribution in [2.45, 2.75) is 18.9 Å². The minimum absolute atomic E-state index is 0.175. The van der Waals surface area contributed by atoms with Crippen LogP contribution in [0.15, 0.2) is 36.4 Å². The van der Waals surface area contributed by atoms with E-state index in [0.29, 0.717) is 18.4 Å². The standard InChI is InChI=1S/C18H18O5/c1-22-17(20)13-6-5-11-3-2-4-12(14(11)9-13)7-8-16-15(10-19)18(21)23-16/h2-6,9,15-16,19H,7-8,10H2,1H3/t15-,16+/m1/s1. The summed E-state index contributed by atoms with van der Waals surface area (Å²) in [6, 6.07) is 11.4. The number of esters is 2. The fourth-order valence-corrected chi connectivity index (χ4v) is 2.95. The Labute approximate surface area is 133 Å². The number of methoxy groups -OCH3 is 1. The predicted molar refractivity (Wildman–Crippen MR) is 84.1 cm³/mol. The Bertz CT molecular complexity index is 752. The molecule has 5 heteroatoms. The zero-order valence-corrected chi connectivity index (χ0v) is 12.8. The monoisotopic (exact) mass is 314 g/mol. The Kier molecular flexibility index (Phi) is 4.30. The molecule has 1 N–H and O–H groups in total. The number of ether oxygens (including phenoxy) is 2. The molecule has 0 radical (unpaired) electrons. The van der Waals surface area contributed by atoms with Crippen LogP contribution in [-0.4, -0.2) is 36.9 Å². The molecule has 0 aromatic heterocycles. The fraction of sp³-hybridized carbons (Fsp3) is 0.333. The lowest BCUT2D eigenvalue weighted by Crippen LogP contribution is -2.47. The first-order valence-electron chi connectivity index (χ1n) is 7.55. The molecule has 5 nitrogen and oxygen atoms in total. The van der Waals surface area contributed by atoms with Gasteiger partial charge in [-0.2, -0.15) is 0 Å². The molecule has 0 saturated carbocycles. The van der Waals surface area contributed by atoms with E-state index in [-0.39, 0.29) is 24.6 Å². The zero-order chi connectivity index (χ0) is 16.4. The molecule has 3 rings (SSSR count). The Morgan fingerprint density at radius 2 is 2.13 bits per heavy atom. The maximum Gasteiger partial charge on any atom is 0.337 e. The largest absolute Gasteiger partial charge is 0.465 e. The lowest BCUT2D eigenvalue weighted by Gasteiger charge is -2.33. The Balaban J connectivity index is 1.82. The van der Waals surface area contributed by atoms with Gasteiger partial charge in [-0.1, -0.05) is 24.3 Å². The van der Waals surface area contributed by atoms with Gasteiger partial charge in [0.1, 0.15) is 12.0 Å². The van der Waals surface area contributed by atoms with Gasteiger partial charge in [0.25, 0.3) is 0 Å². The highest BCUT2D eigenvalue weighted by Gasteiger charge is 2.41. The number of hydrogen-bond donors (Lipinski definition) is 1. The summed E-state index contributed by atoms with van der Waals surface area (Å²) in [5.41, 5.74) is 1.59. The van der Waals surface area contributed by atoms with Crippen LogP contribution in [-0.2, 0) is 20.7 Å². The third kappa shape index (κ3) is 2.92. The van der Waals surface area contributed by atoms with Crippen molar-refractivity contribution >= 4 is 22.7 Å². The molecular weight excluding hydrogens is 296 g/mol. The number of cyclic esters (lactones) is 1. The van der Waals surface area contributed by atoms with Crippen molar-refractivity contribution < 1.29 is 24.2 Å². The van der Waals surface area contributed by atoms with Gasteiger partial charge < -0.3 is 14.6 Å². The third-order valence-electron chi connectivity index (χ3n) is 4.31. The molecule has 1 aliphatic rings. The van der Waals surface area contributed by atoms with Crippen molar-refractivity contribution in [3.8, 4) is 0 Å². The van der Waals surface area contributed by atoms with Crippen molar-refractivity contribution in [3.05, 3.63) is 47.5 Å². The van der Waals surface area contributed by atoms with Gasteiger partial charge in [-0.3, -0.25) is 4.79 Å². The van der Waals surface area contributed by atoms with Crippen LogP contribution in [0.25, 0.3) is 10.8 Å². The van der Waals surface area contributed by atoms with E-state index in [2.05, 4.69) is 0 Å². The zero-order valence-electron chi connectivity index (χ0n) is 12.8. The molecular formula is C18H18O5. The summed E-state index contributed by atoms with van der Waals surface area (Å²) < 4.78 is 9.85. The molecule has 2 aromatic carbocycles. The summed E-state index contributed by atoms with van der Waals surface area (Å²) in [6.45, 7) is -0.175. The quantitative estimate of drug-likeness (QED) is 0.856. The Morgan fingerprint density at radius 3 is 2.83 bits per heavy atom. The Morgan fingerprint density at radius 1 is 1.30 bits per heavy atom. The van der Waals surface area contributed by atoms with E-state index >= 15 is 0 Å². The number of carbonyl (C=O) groups is 2. The second-order valence-electron chi connectivity index (χ2n) is 5.65. The van der Waals surface area contributed by atoms with E-state index in [0.717, 1.165) is 16.3 Å². The second-order valence-corrected chi connectivity index (χ2v) is 5.65. The van der Waals surface area contributed by atoms with Crippen LogP contribution < -0.4 is 0 Å². The van der Waals surface area contributed by atoms with Crippen LogP contribution in [0.3, 0.4) is 0 Å². The molecule has 0 aliphatic carbocycles. The second kappa shape index (κ2) is 6.38. The van der Waals surface area contributed by atoms with Gasteiger partial charge in [-0.15, -0.1) is 0 Å². The number of benzene rings is 2. The Hall–Kier alpha value is -2.40. The SMILES string of the molecule is COC(=O)c1ccc2cccc(CC[C@@H]3OC(=O)[C@@H]3CO)c2c1. The highest BCUT2D eigenvalue weighted by atomic mass is 16.6. The summed E-state index contributed by atoms with van der Waals surface area (Å²) in [4.78, 5) is 22.9. The van der Waals surface area contributed by atoms with Gasteiger partial charge >= 0.3 is 11.9 Å². The fourth-order valence-electron chi connectivity index (χ4n) is 2.95. The highest BCUT2D eigenvalue weighted by molar-refractivity contribution is 5.96. The van der Waals surface area contributed by atoms with Crippen molar-refractivity contribution in [1.82, 2.24) is 0 Å². The van der Waals surface area contributed by atoms with Crippen LogP contribution in [0.5, 0.6) is 0 Å². The van der Waals surface area contributed by atoms with E-state index in [4.69, 9.17) is 14.6 Å². The lowest BCUT2D eigenvalue weighted by molar-refractivity contribution is -0.188. The summed E-state index contributed by atoms with van der Waals surface area (Å²) in [6.07, 6.45) is 1.13. The highest BCUT2D eigenvalue weighted by Crippen LogP contribution is 2.28. The van der Waals surface area contributed by atoms with E-state index < -0.39 is 5.92 Å². The van der Waals surface area contributed by atoms with E-state index in [1.165, 1.54) is 7.11 Å². The average molecular weight is 314 g/mol. The molecule has 1 saturated heterocycles. The van der Waals surface area contributed by atoms with E-state index in [1.54, 1.807) is 6.07 Å². The number of aliphatic hydroxyl groups excluding tert-OH is 1. The smallest absolute Gasteiger partial charge is 0.337 e. The average Bonchev–Trinajstić information content (AvgIpc) is 2.57. The molecule has 23 heavy (non-hydrogen) atoms. The summed E-state index contributed by atoms with van der Waals surface area (Å²) in [7, 11) is 1.36. The van der Waals surface area contributed by atoms with Crippen LogP contribution in [0.2, 0.25) is 0 Å². The number of hydrogen-bond acceptors (Lipinski definition) is 5. The summed E-state index contributed by atoms with van der Waals surface area (Å²) in [5.74, 6) is -1.10. The summed E-state index contributed by atoms with van der Waals surface area (Å²) >= 11 is 0. The lowest BCUT2D eigenvalue weighted by atomic mass is 9.91. The van der Waals surface area contributed by atoms with Crippen LogP contribution in [0, 0.1) is 5.92 Å². The minimum Gasteiger partial charge on any atom is -0.465 e. The van der Waals surface area contributed by atoms with Crippen LogP contribution in [0.1, 0.15) is 22.3 Å². The normalized spacial score (nSPS) is 20.0. The van der Waals surface area contributed by atoms with Crippen molar-refractivity contribution in [2.75, 3.05) is 13.7 Å². The number of fused-ring (bicyclic) bond motifs is 1. The number of rotatable bonds is 5. The number of aryl methyl sites for hydroxylation is 1. The molecule has 120 valence electrons. The molecule has 2 atom stereocenters. The van der Waals surface area contributed by atoms with Gasteiger partial charge in [0.05, 0.1) is 19.3 Å². The topological polar surface area (TPSA) is 72.8 Å². The van der Waals surface area contributed by atoms with E-state index in [1.807, 2.05) is 30.3 Å². The van der Waals surface area contributed by atoms with Crippen molar-refractivity contribution in [3.63, 3.8) is 0 Å². The molecule has 0 spiro atoms. The summed E-state index contributed by atoms with van der Waals surface area (Å²) in [5, 5.41) is 11.2. The minimum atomic E-state index is -0.407. The number of aliphatic hydroxyl groups is 1. The van der Waals surface area contributed by atoms with Gasteiger partial charge in [0.15, 0.2) is 0 Å². The van der Waals surface area contributed by atoms with Gasteiger partial charge in [-0.05, 0) is 41.3 Å². The third-order valence-corrected chi connectivity index (χ3v) is 4.31. The first-order chi connectivity index (χ1) is 11.1. The maximum absolute atomic E-state index is 11.7. The van der Waals surface area contributed by atoms with Crippen molar-refractivity contribution in [2.24, 2.45) is 5.92 Å². The first-order valence-corrected chi connectivity index (χ1v) is 7.55. The molecule has 1 aliphatic heterocycles. The molecule has 0 bridgehead atoms. The van der Waals surface area contributed by atoms with Gasteiger partial charge in [0.2, 0.25) is 0 Å². The molecule has 0 unspecified atom stereocenters. The first kappa shape index (κ1) is 15.5. The molecule has 1 fully saturated rings. The molecule has 2 aromatic rings.